The van der Waals surface area contributed by atoms with Gasteiger partial charge in [-0.25, -0.2) is 4.68 Å². The summed E-state index contributed by atoms with van der Waals surface area (Å²) in [6, 6.07) is 17.7. The lowest BCUT2D eigenvalue weighted by Crippen LogP contribution is -2.37. The fraction of sp³-hybridized carbons (Fsp3) is 0.483. The molecule has 0 saturated heterocycles. The Morgan fingerprint density at radius 3 is 2.33 bits per heavy atom. The van der Waals surface area contributed by atoms with Crippen LogP contribution in [0.2, 0.25) is 0 Å². The van der Waals surface area contributed by atoms with Gasteiger partial charge in [-0.15, -0.1) is 0 Å². The second-order valence-corrected chi connectivity index (χ2v) is 9.57. The average molecular weight is 496 g/mol. The molecule has 0 spiro atoms. The predicted molar refractivity (Wildman–Crippen MR) is 144 cm³/mol. The molecule has 0 bridgehead atoms. The van der Waals surface area contributed by atoms with Crippen molar-refractivity contribution in [3.63, 3.8) is 0 Å². The first-order chi connectivity index (χ1) is 17.4. The van der Waals surface area contributed by atoms with Gasteiger partial charge in [0.25, 0.3) is 0 Å². The van der Waals surface area contributed by atoms with Crippen molar-refractivity contribution in [2.45, 2.75) is 46.3 Å². The second-order valence-electron chi connectivity index (χ2n) is 9.57. The Kier molecular flexibility index (Phi) is 10.8. The van der Waals surface area contributed by atoms with Gasteiger partial charge in [0.05, 0.1) is 25.4 Å². The van der Waals surface area contributed by atoms with E-state index in [0.29, 0.717) is 43.9 Å². The molecule has 1 unspecified atom stereocenters. The van der Waals surface area contributed by atoms with E-state index >= 15 is 0 Å². The summed E-state index contributed by atoms with van der Waals surface area (Å²) in [5, 5.41) is 15.6. The standard InChI is InChI=1S/C29H41N3O4/c1-6-7-17-35-21-24(33)19-32(18-22(2)3)20-27-28(23-11-9-8-10-12-23)30-31(4)29(27)36-26-15-13-25(34-5)14-16-26/h8-16,22,24,33H,6-7,17-21H2,1-5H3. The third-order valence-electron chi connectivity index (χ3n) is 5.84. The summed E-state index contributed by atoms with van der Waals surface area (Å²) in [4.78, 5) is 2.27. The van der Waals surface area contributed by atoms with E-state index in [1.807, 2.05) is 49.5 Å². The Morgan fingerprint density at radius 2 is 1.69 bits per heavy atom. The van der Waals surface area contributed by atoms with E-state index in [1.165, 1.54) is 0 Å². The number of aliphatic hydroxyl groups is 1. The predicted octanol–water partition coefficient (Wildman–Crippen LogP) is 5.52. The Morgan fingerprint density at radius 1 is 1.00 bits per heavy atom. The number of aromatic nitrogens is 2. The normalized spacial score (nSPS) is 12.3. The molecule has 0 fully saturated rings. The van der Waals surface area contributed by atoms with Gasteiger partial charge in [-0.1, -0.05) is 57.5 Å². The highest BCUT2D eigenvalue weighted by Gasteiger charge is 2.24. The first-order valence-corrected chi connectivity index (χ1v) is 12.8. The summed E-state index contributed by atoms with van der Waals surface area (Å²) in [5.41, 5.74) is 2.89. The van der Waals surface area contributed by atoms with E-state index in [9.17, 15) is 5.11 Å². The first-order valence-electron chi connectivity index (χ1n) is 12.8. The van der Waals surface area contributed by atoms with Gasteiger partial charge >= 0.3 is 0 Å². The number of unbranched alkanes of at least 4 members (excludes halogenated alkanes) is 1. The summed E-state index contributed by atoms with van der Waals surface area (Å²) in [6.07, 6.45) is 1.52. The number of aliphatic hydroxyl groups excluding tert-OH is 1. The number of methoxy groups -OCH3 is 1. The van der Waals surface area contributed by atoms with Gasteiger partial charge in [-0.2, -0.15) is 5.10 Å². The van der Waals surface area contributed by atoms with E-state index in [0.717, 1.165) is 42.0 Å². The fourth-order valence-corrected chi connectivity index (χ4v) is 4.17. The molecular formula is C29H41N3O4. The maximum atomic E-state index is 10.7. The van der Waals surface area contributed by atoms with Gasteiger partial charge in [0, 0.05) is 38.9 Å². The summed E-state index contributed by atoms with van der Waals surface area (Å²) in [6.45, 7) is 9.45. The van der Waals surface area contributed by atoms with Crippen molar-refractivity contribution in [3.05, 3.63) is 60.2 Å². The SMILES string of the molecule is CCCCOCC(O)CN(Cc1c(-c2ccccc2)nn(C)c1Oc1ccc(OC)cc1)CC(C)C. The smallest absolute Gasteiger partial charge is 0.222 e. The first kappa shape index (κ1) is 27.7. The van der Waals surface area contributed by atoms with E-state index in [-0.39, 0.29) is 0 Å². The van der Waals surface area contributed by atoms with E-state index in [2.05, 4.69) is 37.8 Å². The third kappa shape index (κ3) is 8.08. The second kappa shape index (κ2) is 14.0. The summed E-state index contributed by atoms with van der Waals surface area (Å²) in [5.74, 6) is 2.60. The molecule has 0 aliphatic heterocycles. The lowest BCUT2D eigenvalue weighted by Gasteiger charge is -2.27. The van der Waals surface area contributed by atoms with Crippen molar-refractivity contribution >= 4 is 0 Å². The van der Waals surface area contributed by atoms with Crippen LogP contribution in [-0.2, 0) is 18.3 Å². The van der Waals surface area contributed by atoms with Crippen molar-refractivity contribution in [3.8, 4) is 28.6 Å². The van der Waals surface area contributed by atoms with Gasteiger partial charge in [0.15, 0.2) is 0 Å². The molecule has 0 radical (unpaired) electrons. The number of rotatable bonds is 15. The summed E-state index contributed by atoms with van der Waals surface area (Å²) >= 11 is 0. The van der Waals surface area contributed by atoms with E-state index in [1.54, 1.807) is 11.8 Å². The molecule has 7 heteroatoms. The van der Waals surface area contributed by atoms with Crippen molar-refractivity contribution in [1.82, 2.24) is 14.7 Å². The lowest BCUT2D eigenvalue weighted by molar-refractivity contribution is 0.0124. The van der Waals surface area contributed by atoms with Crippen molar-refractivity contribution < 1.29 is 19.3 Å². The van der Waals surface area contributed by atoms with Crippen LogP contribution in [0.4, 0.5) is 0 Å². The van der Waals surface area contributed by atoms with Crippen molar-refractivity contribution in [2.75, 3.05) is 33.4 Å². The molecule has 196 valence electrons. The maximum Gasteiger partial charge on any atom is 0.222 e. The van der Waals surface area contributed by atoms with Crippen LogP contribution in [0, 0.1) is 5.92 Å². The quantitative estimate of drug-likeness (QED) is 0.280. The zero-order valence-electron chi connectivity index (χ0n) is 22.3. The number of ether oxygens (including phenoxy) is 3. The molecule has 3 aromatic rings. The van der Waals surface area contributed by atoms with Crippen LogP contribution in [0.1, 0.15) is 39.2 Å². The van der Waals surface area contributed by atoms with Gasteiger partial charge < -0.3 is 19.3 Å². The molecule has 0 amide bonds. The summed E-state index contributed by atoms with van der Waals surface area (Å²) in [7, 11) is 3.55. The van der Waals surface area contributed by atoms with Crippen LogP contribution in [0.3, 0.4) is 0 Å². The Labute approximate surface area is 215 Å². The van der Waals surface area contributed by atoms with Crippen LogP contribution in [0.25, 0.3) is 11.3 Å². The van der Waals surface area contributed by atoms with Crippen LogP contribution in [0.15, 0.2) is 54.6 Å². The molecule has 3 rings (SSSR count). The largest absolute Gasteiger partial charge is 0.497 e. The minimum Gasteiger partial charge on any atom is -0.497 e. The molecule has 0 saturated carbocycles. The van der Waals surface area contributed by atoms with Gasteiger partial charge in [-0.05, 0) is 36.6 Å². The molecule has 1 aromatic heterocycles. The molecule has 2 aromatic carbocycles. The monoisotopic (exact) mass is 495 g/mol. The number of benzene rings is 2. The topological polar surface area (TPSA) is 69.0 Å². The number of nitrogens with zero attached hydrogens (tertiary/aromatic N) is 3. The average Bonchev–Trinajstić information content (AvgIpc) is 3.17. The molecule has 1 heterocycles. The molecule has 0 aliphatic rings. The Hall–Kier alpha value is -2.87. The minimum atomic E-state index is -0.566. The fourth-order valence-electron chi connectivity index (χ4n) is 4.17. The minimum absolute atomic E-state index is 0.336. The van der Waals surface area contributed by atoms with Crippen LogP contribution in [-0.4, -0.2) is 59.3 Å². The molecule has 1 atom stereocenters. The highest BCUT2D eigenvalue weighted by atomic mass is 16.5. The summed E-state index contributed by atoms with van der Waals surface area (Å²) < 4.78 is 19.1. The van der Waals surface area contributed by atoms with Crippen LogP contribution in [0.5, 0.6) is 17.4 Å². The molecule has 1 N–H and O–H groups in total. The molecule has 36 heavy (non-hydrogen) atoms. The van der Waals surface area contributed by atoms with Gasteiger partial charge in [0.1, 0.15) is 17.2 Å². The lowest BCUT2D eigenvalue weighted by atomic mass is 10.1. The molecular weight excluding hydrogens is 454 g/mol. The molecule has 0 aliphatic carbocycles. The van der Waals surface area contributed by atoms with E-state index < -0.39 is 6.10 Å². The molecule has 7 nitrogen and oxygen atoms in total. The van der Waals surface area contributed by atoms with Crippen molar-refractivity contribution in [2.24, 2.45) is 13.0 Å². The van der Waals surface area contributed by atoms with Gasteiger partial charge in [0.2, 0.25) is 5.88 Å². The highest BCUT2D eigenvalue weighted by Crippen LogP contribution is 2.34. The zero-order valence-corrected chi connectivity index (χ0v) is 22.3. The van der Waals surface area contributed by atoms with E-state index in [4.69, 9.17) is 19.3 Å². The Balaban J connectivity index is 1.90. The number of aryl methyl sites for hydroxylation is 1. The van der Waals surface area contributed by atoms with Crippen LogP contribution >= 0.6 is 0 Å². The number of hydrogen-bond acceptors (Lipinski definition) is 6. The van der Waals surface area contributed by atoms with Crippen molar-refractivity contribution in [1.29, 1.82) is 0 Å². The maximum absolute atomic E-state index is 10.7. The highest BCUT2D eigenvalue weighted by molar-refractivity contribution is 5.65. The zero-order chi connectivity index (χ0) is 25.9. The Bertz CT molecular complexity index is 1030. The third-order valence-corrected chi connectivity index (χ3v) is 5.84. The van der Waals surface area contributed by atoms with Gasteiger partial charge in [-0.3, -0.25) is 4.90 Å². The number of hydrogen-bond donors (Lipinski definition) is 1. The van der Waals surface area contributed by atoms with Crippen LogP contribution < -0.4 is 9.47 Å².